The molecule has 138 valence electrons. The van der Waals surface area contributed by atoms with Crippen LogP contribution in [0.1, 0.15) is 24.2 Å². The molecule has 0 spiro atoms. The molecular formula is C18H17F3N2O2S. The number of thioether (sulfide) groups is 1. The second kappa shape index (κ2) is 8.75. The first kappa shape index (κ1) is 19.8. The number of rotatable bonds is 6. The first-order valence-electron chi connectivity index (χ1n) is 7.76. The first-order chi connectivity index (χ1) is 12.3. The van der Waals surface area contributed by atoms with E-state index in [0.29, 0.717) is 16.9 Å². The van der Waals surface area contributed by atoms with Gasteiger partial charge < -0.3 is 10.6 Å². The third kappa shape index (κ3) is 5.26. The van der Waals surface area contributed by atoms with Crippen LogP contribution in [0.3, 0.4) is 0 Å². The van der Waals surface area contributed by atoms with Gasteiger partial charge in [0.15, 0.2) is 17.5 Å². The van der Waals surface area contributed by atoms with E-state index in [-0.39, 0.29) is 0 Å². The number of hydrogen-bond donors (Lipinski definition) is 2. The summed E-state index contributed by atoms with van der Waals surface area (Å²) in [6.45, 7) is 3.67. The minimum absolute atomic E-state index is 0.366. The predicted octanol–water partition coefficient (Wildman–Crippen LogP) is 3.97. The standard InChI is InChI=1S/C18H17F3N2O2S/c1-10(2)26-12-5-3-11(4-6-12)18(25)22-9-15(24)23-14-8-7-13(19)16(20)17(14)21/h3-8,10H,9H2,1-2H3,(H,22,25)(H,23,24). The van der Waals surface area contributed by atoms with Crippen LogP contribution in [0, 0.1) is 17.5 Å². The predicted molar refractivity (Wildman–Crippen MR) is 94.7 cm³/mol. The number of benzene rings is 2. The highest BCUT2D eigenvalue weighted by Crippen LogP contribution is 2.23. The summed E-state index contributed by atoms with van der Waals surface area (Å²) in [6, 6.07) is 8.47. The van der Waals surface area contributed by atoms with Crippen LogP contribution in [-0.2, 0) is 4.79 Å². The lowest BCUT2D eigenvalue weighted by atomic mass is 10.2. The van der Waals surface area contributed by atoms with Crippen molar-refractivity contribution in [3.8, 4) is 0 Å². The molecule has 0 fully saturated rings. The third-order valence-electron chi connectivity index (χ3n) is 3.21. The quantitative estimate of drug-likeness (QED) is 0.587. The minimum Gasteiger partial charge on any atom is -0.343 e. The lowest BCUT2D eigenvalue weighted by molar-refractivity contribution is -0.115. The van der Waals surface area contributed by atoms with E-state index in [2.05, 4.69) is 24.5 Å². The molecule has 0 aromatic heterocycles. The lowest BCUT2D eigenvalue weighted by Crippen LogP contribution is -2.33. The SMILES string of the molecule is CC(C)Sc1ccc(C(=O)NCC(=O)Nc2ccc(F)c(F)c2F)cc1. The molecule has 2 amide bonds. The van der Waals surface area contributed by atoms with E-state index in [1.807, 2.05) is 0 Å². The first-order valence-corrected chi connectivity index (χ1v) is 8.64. The van der Waals surface area contributed by atoms with Crippen LogP contribution in [0.4, 0.5) is 18.9 Å². The van der Waals surface area contributed by atoms with Crippen LogP contribution in [0.5, 0.6) is 0 Å². The summed E-state index contributed by atoms with van der Waals surface area (Å²) in [5.74, 6) is -5.77. The Morgan fingerprint density at radius 1 is 1.00 bits per heavy atom. The molecule has 2 N–H and O–H groups in total. The van der Waals surface area contributed by atoms with Gasteiger partial charge >= 0.3 is 0 Å². The van der Waals surface area contributed by atoms with Gasteiger partial charge in [0.1, 0.15) is 0 Å². The number of carbonyl (C=O) groups is 2. The van der Waals surface area contributed by atoms with Gasteiger partial charge in [0, 0.05) is 15.7 Å². The Morgan fingerprint density at radius 2 is 1.65 bits per heavy atom. The molecule has 0 unspecified atom stereocenters. The fourth-order valence-electron chi connectivity index (χ4n) is 2.04. The van der Waals surface area contributed by atoms with Gasteiger partial charge in [-0.05, 0) is 36.4 Å². The molecule has 0 atom stereocenters. The summed E-state index contributed by atoms with van der Waals surface area (Å²) in [7, 11) is 0. The molecular weight excluding hydrogens is 365 g/mol. The van der Waals surface area contributed by atoms with Crippen LogP contribution in [0.25, 0.3) is 0 Å². The monoisotopic (exact) mass is 382 g/mol. The molecule has 0 aliphatic carbocycles. The van der Waals surface area contributed by atoms with Crippen molar-refractivity contribution >= 4 is 29.3 Å². The van der Waals surface area contributed by atoms with E-state index in [4.69, 9.17) is 0 Å². The molecule has 8 heteroatoms. The Hall–Kier alpha value is -2.48. The van der Waals surface area contributed by atoms with E-state index in [9.17, 15) is 22.8 Å². The molecule has 26 heavy (non-hydrogen) atoms. The maximum atomic E-state index is 13.5. The van der Waals surface area contributed by atoms with Crippen molar-refractivity contribution in [3.05, 3.63) is 59.4 Å². The highest BCUT2D eigenvalue weighted by atomic mass is 32.2. The number of amides is 2. The van der Waals surface area contributed by atoms with E-state index in [0.717, 1.165) is 11.0 Å². The van der Waals surface area contributed by atoms with Crippen molar-refractivity contribution in [2.24, 2.45) is 0 Å². The van der Waals surface area contributed by atoms with E-state index >= 15 is 0 Å². The summed E-state index contributed by atoms with van der Waals surface area (Å²) in [4.78, 5) is 24.8. The zero-order valence-electron chi connectivity index (χ0n) is 14.1. The number of halogens is 3. The average Bonchev–Trinajstić information content (AvgIpc) is 2.60. The lowest BCUT2D eigenvalue weighted by Gasteiger charge is -2.09. The van der Waals surface area contributed by atoms with Crippen molar-refractivity contribution in [3.63, 3.8) is 0 Å². The third-order valence-corrected chi connectivity index (χ3v) is 4.22. The molecule has 0 bridgehead atoms. The van der Waals surface area contributed by atoms with E-state index in [1.165, 1.54) is 0 Å². The van der Waals surface area contributed by atoms with Crippen molar-refractivity contribution in [1.82, 2.24) is 5.32 Å². The number of nitrogens with one attached hydrogen (secondary N) is 2. The van der Waals surface area contributed by atoms with Crippen LogP contribution >= 0.6 is 11.8 Å². The molecule has 2 rings (SSSR count). The second-order valence-electron chi connectivity index (χ2n) is 5.64. The fraction of sp³-hybridized carbons (Fsp3) is 0.222. The molecule has 0 heterocycles. The van der Waals surface area contributed by atoms with Gasteiger partial charge in [0.05, 0.1) is 12.2 Å². The maximum absolute atomic E-state index is 13.5. The highest BCUT2D eigenvalue weighted by molar-refractivity contribution is 7.99. The van der Waals surface area contributed by atoms with Gasteiger partial charge in [0.25, 0.3) is 5.91 Å². The van der Waals surface area contributed by atoms with Gasteiger partial charge in [-0.1, -0.05) is 13.8 Å². The number of carbonyl (C=O) groups excluding carboxylic acids is 2. The Labute approximate surface area is 153 Å². The van der Waals surface area contributed by atoms with E-state index < -0.39 is 41.5 Å². The number of anilines is 1. The Bertz CT molecular complexity index is 811. The van der Waals surface area contributed by atoms with Crippen LogP contribution < -0.4 is 10.6 Å². The zero-order chi connectivity index (χ0) is 19.3. The van der Waals surface area contributed by atoms with Gasteiger partial charge in [-0.2, -0.15) is 0 Å². The van der Waals surface area contributed by atoms with Crippen molar-refractivity contribution in [2.45, 2.75) is 24.0 Å². The van der Waals surface area contributed by atoms with Gasteiger partial charge in [-0.25, -0.2) is 13.2 Å². The van der Waals surface area contributed by atoms with Crippen molar-refractivity contribution in [2.75, 3.05) is 11.9 Å². The second-order valence-corrected chi connectivity index (χ2v) is 7.29. The largest absolute Gasteiger partial charge is 0.343 e. The van der Waals surface area contributed by atoms with Crippen LogP contribution in [0.15, 0.2) is 41.3 Å². The van der Waals surface area contributed by atoms with Gasteiger partial charge in [0.2, 0.25) is 5.91 Å². The summed E-state index contributed by atoms with van der Waals surface area (Å²) in [5.41, 5.74) is -0.136. The maximum Gasteiger partial charge on any atom is 0.251 e. The van der Waals surface area contributed by atoms with Crippen molar-refractivity contribution < 1.29 is 22.8 Å². The van der Waals surface area contributed by atoms with Crippen LogP contribution in [-0.4, -0.2) is 23.6 Å². The van der Waals surface area contributed by atoms with Crippen LogP contribution in [0.2, 0.25) is 0 Å². The molecule has 4 nitrogen and oxygen atoms in total. The molecule has 2 aromatic carbocycles. The smallest absolute Gasteiger partial charge is 0.251 e. The minimum atomic E-state index is -1.67. The van der Waals surface area contributed by atoms with Gasteiger partial charge in [-0.3, -0.25) is 9.59 Å². The summed E-state index contributed by atoms with van der Waals surface area (Å²) >= 11 is 1.65. The van der Waals surface area contributed by atoms with E-state index in [1.54, 1.807) is 36.0 Å². The Kier molecular flexibility index (Phi) is 6.68. The Balaban J connectivity index is 1.91. The topological polar surface area (TPSA) is 58.2 Å². The molecule has 0 aliphatic heterocycles. The summed E-state index contributed by atoms with van der Waals surface area (Å²) in [6.07, 6.45) is 0. The average molecular weight is 382 g/mol. The number of hydrogen-bond acceptors (Lipinski definition) is 3. The highest BCUT2D eigenvalue weighted by Gasteiger charge is 2.15. The molecule has 0 saturated carbocycles. The zero-order valence-corrected chi connectivity index (χ0v) is 14.9. The summed E-state index contributed by atoms with van der Waals surface area (Å²) in [5, 5.41) is 4.87. The van der Waals surface area contributed by atoms with Crippen molar-refractivity contribution in [1.29, 1.82) is 0 Å². The molecule has 0 aliphatic rings. The Morgan fingerprint density at radius 3 is 2.27 bits per heavy atom. The molecule has 0 radical (unpaired) electrons. The van der Waals surface area contributed by atoms with Gasteiger partial charge in [-0.15, -0.1) is 11.8 Å². The summed E-state index contributed by atoms with van der Waals surface area (Å²) < 4.78 is 39.5. The molecule has 2 aromatic rings. The fourth-order valence-corrected chi connectivity index (χ4v) is 2.87. The molecule has 0 saturated heterocycles. The normalized spacial score (nSPS) is 10.7.